The van der Waals surface area contributed by atoms with Gasteiger partial charge in [-0.2, -0.15) is 0 Å². The summed E-state index contributed by atoms with van der Waals surface area (Å²) >= 11 is 0. The topological polar surface area (TPSA) is 91.0 Å². The molecule has 4 rings (SSSR count). The Kier molecular flexibility index (Phi) is 9.39. The Bertz CT molecular complexity index is 1120. The number of piperazine rings is 1. The quantitative estimate of drug-likeness (QED) is 0.374. The lowest BCUT2D eigenvalue weighted by Crippen LogP contribution is -2.72. The zero-order valence-electron chi connectivity index (χ0n) is 21.7. The van der Waals surface area contributed by atoms with Crippen LogP contribution in [0, 0.1) is 12.3 Å². The number of hydrogen-bond donors (Lipinski definition) is 2. The van der Waals surface area contributed by atoms with Gasteiger partial charge in [0.05, 0.1) is 6.54 Å². The third-order valence-corrected chi connectivity index (χ3v) is 7.45. The Morgan fingerprint density at radius 3 is 2.37 bits per heavy atom. The first kappa shape index (κ1) is 27.2. The summed E-state index contributed by atoms with van der Waals surface area (Å²) < 4.78 is 5.21. The number of hydrogen-bond acceptors (Lipinski definition) is 5. The van der Waals surface area contributed by atoms with Crippen LogP contribution < -0.4 is 10.6 Å². The van der Waals surface area contributed by atoms with Crippen molar-refractivity contribution >= 4 is 17.9 Å². The van der Waals surface area contributed by atoms with Crippen LogP contribution in [0.3, 0.4) is 0 Å². The molecule has 0 radical (unpaired) electrons. The Hall–Kier alpha value is -3.83. The number of piperidine rings is 1. The Labute approximate surface area is 224 Å². The second-order valence-corrected chi connectivity index (χ2v) is 9.89. The summed E-state index contributed by atoms with van der Waals surface area (Å²) in [5, 5.41) is 5.67. The van der Waals surface area contributed by atoms with Gasteiger partial charge in [-0.05, 0) is 43.2 Å². The normalized spacial score (nSPS) is 19.0. The maximum absolute atomic E-state index is 13.4. The van der Waals surface area contributed by atoms with Gasteiger partial charge in [0.15, 0.2) is 0 Å². The number of carbonyl (C=O) groups is 3. The first-order valence-corrected chi connectivity index (χ1v) is 13.3. The van der Waals surface area contributed by atoms with E-state index in [1.165, 1.54) is 5.56 Å². The smallest absolute Gasteiger partial charge is 0.407 e. The second-order valence-electron chi connectivity index (χ2n) is 9.89. The number of nitrogens with zero attached hydrogens (tertiary/aromatic N) is 2. The van der Waals surface area contributed by atoms with Crippen molar-refractivity contribution in [3.63, 3.8) is 0 Å². The summed E-state index contributed by atoms with van der Waals surface area (Å²) in [4.78, 5) is 42.7. The maximum atomic E-state index is 13.4. The van der Waals surface area contributed by atoms with Crippen LogP contribution in [0.5, 0.6) is 0 Å². The van der Waals surface area contributed by atoms with Crippen LogP contribution in [-0.2, 0) is 27.4 Å². The second kappa shape index (κ2) is 13.1. The molecule has 2 fully saturated rings. The summed E-state index contributed by atoms with van der Waals surface area (Å²) in [7, 11) is 0. The molecule has 0 aromatic heterocycles. The highest BCUT2D eigenvalue weighted by atomic mass is 16.5. The number of carbonyl (C=O) groups excluding carboxylic acids is 3. The van der Waals surface area contributed by atoms with E-state index in [4.69, 9.17) is 11.2 Å². The zero-order valence-corrected chi connectivity index (χ0v) is 21.7. The Balaban J connectivity index is 1.24. The van der Waals surface area contributed by atoms with Crippen LogP contribution in [0.1, 0.15) is 36.8 Å². The summed E-state index contributed by atoms with van der Waals surface area (Å²) in [5.41, 5.74) is 1.29. The number of ether oxygens (including phenoxy) is 1. The predicted molar refractivity (Wildman–Crippen MR) is 145 cm³/mol. The fraction of sp³-hybridized carbons (Fsp3) is 0.433. The van der Waals surface area contributed by atoms with Gasteiger partial charge in [-0.1, -0.05) is 66.6 Å². The molecule has 0 unspecified atom stereocenters. The lowest BCUT2D eigenvalue weighted by molar-refractivity contribution is -0.160. The minimum absolute atomic E-state index is 0.108. The van der Waals surface area contributed by atoms with E-state index in [0.717, 1.165) is 31.6 Å². The van der Waals surface area contributed by atoms with Crippen molar-refractivity contribution in [2.45, 2.75) is 50.3 Å². The zero-order chi connectivity index (χ0) is 26.8. The van der Waals surface area contributed by atoms with E-state index < -0.39 is 17.7 Å². The summed E-state index contributed by atoms with van der Waals surface area (Å²) in [6.07, 6.45) is 8.09. The van der Waals surface area contributed by atoms with Gasteiger partial charge in [0.1, 0.15) is 18.2 Å². The first-order valence-electron chi connectivity index (χ1n) is 13.3. The van der Waals surface area contributed by atoms with Gasteiger partial charge in [-0.25, -0.2) is 4.79 Å². The fourth-order valence-corrected chi connectivity index (χ4v) is 5.24. The lowest BCUT2D eigenvalue weighted by atomic mass is 9.81. The number of likely N-dealkylation sites (tertiary alicyclic amines) is 1. The van der Waals surface area contributed by atoms with Gasteiger partial charge >= 0.3 is 6.09 Å². The van der Waals surface area contributed by atoms with Crippen LogP contribution in [-0.4, -0.2) is 72.0 Å². The molecule has 3 amide bonds. The average Bonchev–Trinajstić information content (AvgIpc) is 2.95. The average molecular weight is 517 g/mol. The van der Waals surface area contributed by atoms with E-state index in [1.54, 1.807) is 4.90 Å². The van der Waals surface area contributed by atoms with Gasteiger partial charge in [0.25, 0.3) is 0 Å². The minimum atomic E-state index is -0.900. The molecule has 2 aliphatic rings. The van der Waals surface area contributed by atoms with Crippen molar-refractivity contribution in [1.29, 1.82) is 0 Å². The summed E-state index contributed by atoms with van der Waals surface area (Å²) in [6.45, 7) is 3.01. The summed E-state index contributed by atoms with van der Waals surface area (Å²) in [5.74, 6) is 2.31. The van der Waals surface area contributed by atoms with Crippen LogP contribution in [0.25, 0.3) is 0 Å². The van der Waals surface area contributed by atoms with Crippen LogP contribution >= 0.6 is 0 Å². The van der Waals surface area contributed by atoms with Crippen LogP contribution in [0.4, 0.5) is 4.79 Å². The number of alkyl carbamates (subject to hydrolysis) is 1. The van der Waals surface area contributed by atoms with Crippen LogP contribution in [0.2, 0.25) is 0 Å². The van der Waals surface area contributed by atoms with E-state index in [9.17, 15) is 14.4 Å². The van der Waals surface area contributed by atoms with E-state index in [2.05, 4.69) is 33.6 Å². The standard InChI is InChI=1S/C30H36N4O4/c1-2-19-34-27(35)26(14-9-18-31-29(37)38-23-25-12-7-4-8-13-25)32-28(36)30(34)16-21-33(22-17-30)20-15-24-10-5-3-6-11-24/h1,3-8,10-13,26H,9,14-23H2,(H,31,37)(H,32,36)/t26-/m0/s1. The molecule has 2 heterocycles. The molecule has 2 aromatic rings. The van der Waals surface area contributed by atoms with Crippen LogP contribution in [0.15, 0.2) is 60.7 Å². The molecule has 2 aromatic carbocycles. The molecule has 0 aliphatic carbocycles. The van der Waals surface area contributed by atoms with Crippen molar-refractivity contribution in [2.75, 3.05) is 32.7 Å². The number of benzene rings is 2. The van der Waals surface area contributed by atoms with Crippen molar-refractivity contribution in [1.82, 2.24) is 20.4 Å². The summed E-state index contributed by atoms with van der Waals surface area (Å²) in [6, 6.07) is 19.1. The molecule has 2 saturated heterocycles. The van der Waals surface area contributed by atoms with Gasteiger partial charge in [-0.15, -0.1) is 6.42 Å². The van der Waals surface area contributed by atoms with Crippen molar-refractivity contribution in [3.8, 4) is 12.3 Å². The molecule has 0 saturated carbocycles. The van der Waals surface area contributed by atoms with E-state index in [1.807, 2.05) is 48.5 Å². The molecule has 2 aliphatic heterocycles. The third kappa shape index (κ3) is 6.73. The monoisotopic (exact) mass is 516 g/mol. The van der Waals surface area contributed by atoms with E-state index in [-0.39, 0.29) is 25.0 Å². The van der Waals surface area contributed by atoms with Gasteiger partial charge in [0.2, 0.25) is 11.8 Å². The minimum Gasteiger partial charge on any atom is -0.445 e. The molecule has 2 N–H and O–H groups in total. The number of terminal acetylenes is 1. The molecule has 8 nitrogen and oxygen atoms in total. The lowest BCUT2D eigenvalue weighted by Gasteiger charge is -2.51. The first-order chi connectivity index (χ1) is 18.5. The highest BCUT2D eigenvalue weighted by Gasteiger charge is 2.53. The van der Waals surface area contributed by atoms with Crippen molar-refractivity contribution < 1.29 is 19.1 Å². The Morgan fingerprint density at radius 1 is 1.05 bits per heavy atom. The number of rotatable bonds is 10. The molecule has 1 spiro atoms. The van der Waals surface area contributed by atoms with Gasteiger partial charge in [-0.3, -0.25) is 9.59 Å². The van der Waals surface area contributed by atoms with Gasteiger partial charge < -0.3 is 25.2 Å². The predicted octanol–water partition coefficient (Wildman–Crippen LogP) is 2.73. The highest BCUT2D eigenvalue weighted by molar-refractivity contribution is 6.00. The molecule has 200 valence electrons. The molecule has 1 atom stereocenters. The highest BCUT2D eigenvalue weighted by Crippen LogP contribution is 2.33. The van der Waals surface area contributed by atoms with Gasteiger partial charge in [0, 0.05) is 26.2 Å². The number of amides is 3. The Morgan fingerprint density at radius 2 is 1.71 bits per heavy atom. The number of nitrogens with one attached hydrogen (secondary N) is 2. The fourth-order valence-electron chi connectivity index (χ4n) is 5.24. The molecule has 0 bridgehead atoms. The van der Waals surface area contributed by atoms with Crippen molar-refractivity contribution in [3.05, 3.63) is 71.8 Å². The molecular formula is C30H36N4O4. The largest absolute Gasteiger partial charge is 0.445 e. The van der Waals surface area contributed by atoms with Crippen molar-refractivity contribution in [2.24, 2.45) is 0 Å². The third-order valence-electron chi connectivity index (χ3n) is 7.45. The molecule has 8 heteroatoms. The maximum Gasteiger partial charge on any atom is 0.407 e. The molecular weight excluding hydrogens is 480 g/mol. The van der Waals surface area contributed by atoms with E-state index in [0.29, 0.717) is 32.2 Å². The SMILES string of the molecule is C#CCN1C(=O)[C@H](CCCNC(=O)OCc2ccccc2)NC(=O)C12CCN(CCc1ccccc1)CC2. The van der Waals surface area contributed by atoms with E-state index >= 15 is 0 Å². The molecule has 38 heavy (non-hydrogen) atoms.